The summed E-state index contributed by atoms with van der Waals surface area (Å²) in [4.78, 5) is 33.8. The monoisotopic (exact) mass is 716 g/mol. The number of rotatable bonds is 12. The number of nitrogens with two attached hydrogens (primary N) is 2. The van der Waals surface area contributed by atoms with Gasteiger partial charge in [0.15, 0.2) is 0 Å². The van der Waals surface area contributed by atoms with Gasteiger partial charge in [0.05, 0.1) is 18.1 Å². The minimum absolute atomic E-state index is 0.0101. The van der Waals surface area contributed by atoms with Crippen LogP contribution in [-0.2, 0) is 35.4 Å². The third kappa shape index (κ3) is 9.10. The number of phenols is 1. The van der Waals surface area contributed by atoms with E-state index in [9.17, 15) is 14.7 Å². The maximum Gasteiger partial charge on any atom is 0.240 e. The second kappa shape index (κ2) is 17.0. The average molecular weight is 717 g/mol. The first-order valence-electron chi connectivity index (χ1n) is 19.1. The summed E-state index contributed by atoms with van der Waals surface area (Å²) in [6.07, 6.45) is 2.54. The molecule has 280 valence electrons. The maximum absolute atomic E-state index is 14.2. The Morgan fingerprint density at radius 3 is 2.19 bits per heavy atom. The standard InChI is InChI=1S/C44H56N6O3/c1-5-50(44(53)40(46)27-37-30(3)21-29(2)22-31(37)4)41-15-16-47-42-35(24-34(25-38(41)42)23-32-9-7-6-8-10-32)28-48-17-19-49(20-18-48)43(52)39(45)26-33-11-13-36(51)14-12-33/h6-14,21-22,24-25,39-41,47,51H,5,15-20,23,26-28,45-46H2,1-4H3/t39-,40?,41?/m0/s1. The van der Waals surface area contributed by atoms with Gasteiger partial charge in [0, 0.05) is 51.5 Å². The van der Waals surface area contributed by atoms with E-state index in [0.717, 1.165) is 61.4 Å². The largest absolute Gasteiger partial charge is 0.508 e. The van der Waals surface area contributed by atoms with Gasteiger partial charge in [-0.3, -0.25) is 14.5 Å². The number of anilines is 1. The van der Waals surface area contributed by atoms with E-state index in [1.165, 1.54) is 33.4 Å². The lowest BCUT2D eigenvalue weighted by Gasteiger charge is -2.39. The van der Waals surface area contributed by atoms with Crippen LogP contribution in [0.15, 0.2) is 78.9 Å². The number of hydrogen-bond donors (Lipinski definition) is 4. The van der Waals surface area contributed by atoms with Gasteiger partial charge in [0.1, 0.15) is 5.75 Å². The molecule has 1 saturated heterocycles. The van der Waals surface area contributed by atoms with Crippen LogP contribution in [0, 0.1) is 20.8 Å². The van der Waals surface area contributed by atoms with E-state index in [1.807, 2.05) is 28.0 Å². The van der Waals surface area contributed by atoms with E-state index in [0.29, 0.717) is 32.5 Å². The molecule has 4 aromatic carbocycles. The van der Waals surface area contributed by atoms with Gasteiger partial charge in [0.2, 0.25) is 11.8 Å². The second-order valence-corrected chi connectivity index (χ2v) is 15.0. The quantitative estimate of drug-likeness (QED) is 0.155. The number of nitrogens with one attached hydrogen (secondary N) is 1. The van der Waals surface area contributed by atoms with Crippen LogP contribution >= 0.6 is 0 Å². The van der Waals surface area contributed by atoms with Gasteiger partial charge in [-0.25, -0.2) is 0 Å². The van der Waals surface area contributed by atoms with Gasteiger partial charge in [-0.15, -0.1) is 0 Å². The molecule has 2 aliphatic rings. The number of likely N-dealkylation sites (N-methyl/N-ethyl adjacent to an activating group) is 1. The molecule has 0 radical (unpaired) electrons. The zero-order valence-corrected chi connectivity index (χ0v) is 31.8. The van der Waals surface area contributed by atoms with Crippen molar-refractivity contribution in [2.75, 3.05) is 44.6 Å². The lowest BCUT2D eigenvalue weighted by Crippen LogP contribution is -2.53. The van der Waals surface area contributed by atoms with Gasteiger partial charge in [0.25, 0.3) is 0 Å². The molecule has 2 amide bonds. The van der Waals surface area contributed by atoms with Crippen LogP contribution in [0.25, 0.3) is 0 Å². The summed E-state index contributed by atoms with van der Waals surface area (Å²) < 4.78 is 0. The number of amides is 2. The molecule has 9 nitrogen and oxygen atoms in total. The molecule has 6 rings (SSSR count). The number of fused-ring (bicyclic) bond motifs is 1. The number of carbonyl (C=O) groups excluding carboxylic acids is 2. The molecule has 1 fully saturated rings. The summed E-state index contributed by atoms with van der Waals surface area (Å²) in [5.74, 6) is 0.144. The number of nitrogens with zero attached hydrogens (tertiary/aromatic N) is 3. The summed E-state index contributed by atoms with van der Waals surface area (Å²) in [6, 6.07) is 25.0. The zero-order valence-electron chi connectivity index (χ0n) is 31.8. The van der Waals surface area contributed by atoms with Crippen molar-refractivity contribution >= 4 is 17.5 Å². The molecule has 2 aliphatic heterocycles. The summed E-state index contributed by atoms with van der Waals surface area (Å²) in [5.41, 5.74) is 24.7. The van der Waals surface area contributed by atoms with Gasteiger partial charge in [-0.05, 0) is 110 Å². The minimum atomic E-state index is -0.631. The van der Waals surface area contributed by atoms with Crippen LogP contribution in [0.2, 0.25) is 0 Å². The van der Waals surface area contributed by atoms with Crippen molar-refractivity contribution < 1.29 is 14.7 Å². The number of hydrogen-bond acceptors (Lipinski definition) is 7. The first-order chi connectivity index (χ1) is 25.5. The van der Waals surface area contributed by atoms with Crippen LogP contribution in [-0.4, -0.2) is 83.0 Å². The summed E-state index contributed by atoms with van der Waals surface area (Å²) in [5, 5.41) is 13.3. The van der Waals surface area contributed by atoms with E-state index in [-0.39, 0.29) is 23.6 Å². The van der Waals surface area contributed by atoms with Crippen molar-refractivity contribution in [1.29, 1.82) is 0 Å². The molecule has 3 atom stereocenters. The molecule has 0 saturated carbocycles. The second-order valence-electron chi connectivity index (χ2n) is 15.0. The third-order valence-corrected chi connectivity index (χ3v) is 11.0. The molecule has 6 N–H and O–H groups in total. The Morgan fingerprint density at radius 1 is 0.849 bits per heavy atom. The molecule has 4 aromatic rings. The Hall–Kier alpha value is -4.70. The van der Waals surface area contributed by atoms with Crippen molar-refractivity contribution in [3.63, 3.8) is 0 Å². The van der Waals surface area contributed by atoms with E-state index < -0.39 is 12.1 Å². The Morgan fingerprint density at radius 2 is 1.53 bits per heavy atom. The fourth-order valence-electron chi connectivity index (χ4n) is 8.30. The van der Waals surface area contributed by atoms with Crippen LogP contribution in [0.1, 0.15) is 69.5 Å². The summed E-state index contributed by atoms with van der Waals surface area (Å²) >= 11 is 0. The molecule has 53 heavy (non-hydrogen) atoms. The fraction of sp³-hybridized carbons (Fsp3) is 0.409. The number of aromatic hydroxyl groups is 1. The molecular formula is C44H56N6O3. The predicted molar refractivity (Wildman–Crippen MR) is 213 cm³/mol. The number of aryl methyl sites for hydroxylation is 3. The highest BCUT2D eigenvalue weighted by Gasteiger charge is 2.33. The third-order valence-electron chi connectivity index (χ3n) is 11.0. The van der Waals surface area contributed by atoms with Gasteiger partial charge >= 0.3 is 0 Å². The van der Waals surface area contributed by atoms with Crippen molar-refractivity contribution in [3.05, 3.63) is 129 Å². The predicted octanol–water partition coefficient (Wildman–Crippen LogP) is 5.40. The van der Waals surface area contributed by atoms with E-state index in [2.05, 4.69) is 86.4 Å². The maximum atomic E-state index is 14.2. The van der Waals surface area contributed by atoms with Crippen LogP contribution < -0.4 is 16.8 Å². The summed E-state index contributed by atoms with van der Waals surface area (Å²) in [7, 11) is 0. The molecular weight excluding hydrogens is 661 g/mol. The molecule has 2 heterocycles. The molecule has 0 aliphatic carbocycles. The molecule has 2 unspecified atom stereocenters. The lowest BCUT2D eigenvalue weighted by molar-refractivity contribution is -0.135. The molecule has 0 aromatic heterocycles. The zero-order chi connectivity index (χ0) is 37.6. The smallest absolute Gasteiger partial charge is 0.240 e. The lowest BCUT2D eigenvalue weighted by atomic mass is 9.88. The van der Waals surface area contributed by atoms with Crippen molar-refractivity contribution in [2.45, 2.75) is 78.0 Å². The Balaban J connectivity index is 1.20. The number of benzene rings is 4. The van der Waals surface area contributed by atoms with Crippen molar-refractivity contribution in [1.82, 2.24) is 14.7 Å². The highest BCUT2D eigenvalue weighted by atomic mass is 16.3. The Bertz CT molecular complexity index is 1860. The number of carbonyl (C=O) groups is 2. The Labute approximate surface area is 315 Å². The van der Waals surface area contributed by atoms with Crippen LogP contribution in [0.5, 0.6) is 5.75 Å². The normalized spacial score (nSPS) is 17.1. The number of piperazine rings is 1. The summed E-state index contributed by atoms with van der Waals surface area (Å²) in [6.45, 7) is 13.1. The average Bonchev–Trinajstić information content (AvgIpc) is 3.15. The first-order valence-corrected chi connectivity index (χ1v) is 19.1. The van der Waals surface area contributed by atoms with Crippen molar-refractivity contribution in [3.8, 4) is 5.75 Å². The van der Waals surface area contributed by atoms with E-state index >= 15 is 0 Å². The number of phenolic OH excluding ortho intramolecular Hbond substituents is 1. The minimum Gasteiger partial charge on any atom is -0.508 e. The van der Waals surface area contributed by atoms with E-state index in [1.54, 1.807) is 12.1 Å². The fourth-order valence-corrected chi connectivity index (χ4v) is 8.30. The highest BCUT2D eigenvalue weighted by molar-refractivity contribution is 5.83. The van der Waals surface area contributed by atoms with Gasteiger partial charge in [-0.2, -0.15) is 0 Å². The molecule has 0 spiro atoms. The first kappa shape index (κ1) is 38.0. The topological polar surface area (TPSA) is 128 Å². The highest BCUT2D eigenvalue weighted by Crippen LogP contribution is 2.39. The van der Waals surface area contributed by atoms with Gasteiger partial charge < -0.3 is 31.7 Å². The SMILES string of the molecule is CCN(C(=O)C(N)Cc1c(C)cc(C)cc1C)C1CCNc2c(CN3CCN(C(=O)[C@@H](N)Cc4ccc(O)cc4)CC3)cc(Cc3ccccc3)cc21. The molecule has 0 bridgehead atoms. The Kier molecular flexibility index (Phi) is 12.2. The van der Waals surface area contributed by atoms with Crippen molar-refractivity contribution in [2.24, 2.45) is 11.5 Å². The van der Waals surface area contributed by atoms with Crippen LogP contribution in [0.4, 0.5) is 5.69 Å². The van der Waals surface area contributed by atoms with Crippen LogP contribution in [0.3, 0.4) is 0 Å². The molecule has 9 heteroatoms. The van der Waals surface area contributed by atoms with Gasteiger partial charge in [-0.1, -0.05) is 72.3 Å². The van der Waals surface area contributed by atoms with E-state index in [4.69, 9.17) is 11.5 Å².